The minimum atomic E-state index is -3.53. The summed E-state index contributed by atoms with van der Waals surface area (Å²) in [7, 11) is -3.53. The highest BCUT2D eigenvalue weighted by Gasteiger charge is 2.29. The first-order valence-electron chi connectivity index (χ1n) is 11.0. The molecule has 1 aliphatic heterocycles. The van der Waals surface area contributed by atoms with Crippen LogP contribution in [0.3, 0.4) is 0 Å². The molecule has 1 amide bonds. The van der Waals surface area contributed by atoms with Crippen molar-refractivity contribution in [3.8, 4) is 0 Å². The molecule has 2 aromatic carbocycles. The Balaban J connectivity index is 1.32. The Labute approximate surface area is 179 Å². The largest absolute Gasteiger partial charge is 0.352 e. The molecular formula is C23H31N3O3S. The van der Waals surface area contributed by atoms with Crippen LogP contribution in [0, 0.1) is 0 Å². The second-order valence-electron chi connectivity index (χ2n) is 8.45. The van der Waals surface area contributed by atoms with Crippen LogP contribution in [0.15, 0.2) is 47.4 Å². The molecule has 0 bridgehead atoms. The van der Waals surface area contributed by atoms with Gasteiger partial charge in [-0.1, -0.05) is 56.0 Å². The third kappa shape index (κ3) is 5.02. The zero-order valence-corrected chi connectivity index (χ0v) is 18.2. The molecule has 1 aliphatic carbocycles. The molecule has 0 radical (unpaired) electrons. The smallest absolute Gasteiger partial charge is 0.243 e. The minimum absolute atomic E-state index is 0.0627. The van der Waals surface area contributed by atoms with Crippen LogP contribution in [0.25, 0.3) is 10.8 Å². The molecule has 1 N–H and O–H groups in total. The van der Waals surface area contributed by atoms with E-state index in [0.29, 0.717) is 43.7 Å². The SMILES string of the molecule is O=C(CN1CCN(S(=O)(=O)c2ccc3ccccc3c2)CC1)NC1CCCCCC1. The van der Waals surface area contributed by atoms with E-state index in [-0.39, 0.29) is 5.91 Å². The van der Waals surface area contributed by atoms with E-state index >= 15 is 0 Å². The molecule has 162 valence electrons. The fraction of sp³-hybridized carbons (Fsp3) is 0.522. The summed E-state index contributed by atoms with van der Waals surface area (Å²) >= 11 is 0. The number of fused-ring (bicyclic) bond motifs is 1. The molecule has 0 unspecified atom stereocenters. The lowest BCUT2D eigenvalue weighted by Crippen LogP contribution is -2.51. The molecule has 6 nitrogen and oxygen atoms in total. The Hall–Kier alpha value is -1.96. The molecule has 1 saturated heterocycles. The first-order chi connectivity index (χ1) is 14.5. The van der Waals surface area contributed by atoms with Crippen LogP contribution in [-0.4, -0.2) is 62.3 Å². The van der Waals surface area contributed by atoms with Gasteiger partial charge in [-0.25, -0.2) is 8.42 Å². The van der Waals surface area contributed by atoms with E-state index in [9.17, 15) is 13.2 Å². The number of amides is 1. The summed E-state index contributed by atoms with van der Waals surface area (Å²) < 4.78 is 27.7. The molecule has 2 fully saturated rings. The zero-order chi connectivity index (χ0) is 21.0. The van der Waals surface area contributed by atoms with Gasteiger partial charge in [0.05, 0.1) is 11.4 Å². The van der Waals surface area contributed by atoms with Gasteiger partial charge in [0.25, 0.3) is 0 Å². The van der Waals surface area contributed by atoms with E-state index in [1.807, 2.05) is 30.3 Å². The van der Waals surface area contributed by atoms with Crippen molar-refractivity contribution in [3.63, 3.8) is 0 Å². The van der Waals surface area contributed by atoms with E-state index in [2.05, 4.69) is 10.2 Å². The fourth-order valence-electron chi connectivity index (χ4n) is 4.51. The predicted molar refractivity (Wildman–Crippen MR) is 119 cm³/mol. The number of hydrogen-bond donors (Lipinski definition) is 1. The molecule has 2 aromatic rings. The first kappa shape index (κ1) is 21.3. The molecular weight excluding hydrogens is 398 g/mol. The summed E-state index contributed by atoms with van der Waals surface area (Å²) in [4.78, 5) is 14.8. The fourth-order valence-corrected chi connectivity index (χ4v) is 5.96. The zero-order valence-electron chi connectivity index (χ0n) is 17.4. The van der Waals surface area contributed by atoms with Crippen molar-refractivity contribution >= 4 is 26.7 Å². The van der Waals surface area contributed by atoms with E-state index in [1.54, 1.807) is 12.1 Å². The van der Waals surface area contributed by atoms with Crippen molar-refractivity contribution in [2.75, 3.05) is 32.7 Å². The Kier molecular flexibility index (Phi) is 6.71. The second kappa shape index (κ2) is 9.45. The monoisotopic (exact) mass is 429 g/mol. The molecule has 30 heavy (non-hydrogen) atoms. The van der Waals surface area contributed by atoms with Gasteiger partial charge in [0, 0.05) is 32.2 Å². The van der Waals surface area contributed by atoms with Gasteiger partial charge in [0.2, 0.25) is 15.9 Å². The Morgan fingerprint density at radius 3 is 2.27 bits per heavy atom. The van der Waals surface area contributed by atoms with Crippen LogP contribution in [0.1, 0.15) is 38.5 Å². The number of nitrogens with one attached hydrogen (secondary N) is 1. The third-order valence-electron chi connectivity index (χ3n) is 6.28. The first-order valence-corrected chi connectivity index (χ1v) is 12.5. The molecule has 1 saturated carbocycles. The number of sulfonamides is 1. The molecule has 0 aromatic heterocycles. The van der Waals surface area contributed by atoms with E-state index in [1.165, 1.54) is 30.0 Å². The van der Waals surface area contributed by atoms with Crippen LogP contribution in [-0.2, 0) is 14.8 Å². The van der Waals surface area contributed by atoms with Crippen LogP contribution in [0.5, 0.6) is 0 Å². The lowest BCUT2D eigenvalue weighted by atomic mass is 10.1. The van der Waals surface area contributed by atoms with Crippen LogP contribution in [0.4, 0.5) is 0 Å². The van der Waals surface area contributed by atoms with Gasteiger partial charge in [-0.2, -0.15) is 4.31 Å². The van der Waals surface area contributed by atoms with Gasteiger partial charge < -0.3 is 5.32 Å². The molecule has 2 aliphatic rings. The van der Waals surface area contributed by atoms with E-state index in [4.69, 9.17) is 0 Å². The summed E-state index contributed by atoms with van der Waals surface area (Å²) in [6, 6.07) is 13.4. The highest BCUT2D eigenvalue weighted by Crippen LogP contribution is 2.23. The van der Waals surface area contributed by atoms with Crippen molar-refractivity contribution in [1.82, 2.24) is 14.5 Å². The van der Waals surface area contributed by atoms with E-state index in [0.717, 1.165) is 23.6 Å². The van der Waals surface area contributed by atoms with Crippen molar-refractivity contribution in [1.29, 1.82) is 0 Å². The summed E-state index contributed by atoms with van der Waals surface area (Å²) in [5.41, 5.74) is 0. The van der Waals surface area contributed by atoms with Crippen LogP contribution in [0.2, 0.25) is 0 Å². The molecule has 7 heteroatoms. The lowest BCUT2D eigenvalue weighted by molar-refractivity contribution is -0.123. The number of hydrogen-bond acceptors (Lipinski definition) is 4. The van der Waals surface area contributed by atoms with Gasteiger partial charge in [0.15, 0.2) is 0 Å². The number of carbonyl (C=O) groups is 1. The molecule has 0 atom stereocenters. The van der Waals surface area contributed by atoms with Gasteiger partial charge in [-0.3, -0.25) is 9.69 Å². The Bertz CT molecular complexity index is 976. The number of carbonyl (C=O) groups excluding carboxylic acids is 1. The topological polar surface area (TPSA) is 69.7 Å². The highest BCUT2D eigenvalue weighted by molar-refractivity contribution is 7.89. The van der Waals surface area contributed by atoms with Gasteiger partial charge in [0.1, 0.15) is 0 Å². The second-order valence-corrected chi connectivity index (χ2v) is 10.4. The maximum Gasteiger partial charge on any atom is 0.243 e. The van der Waals surface area contributed by atoms with Gasteiger partial charge in [-0.05, 0) is 35.7 Å². The maximum absolute atomic E-state index is 13.1. The summed E-state index contributed by atoms with van der Waals surface area (Å²) in [5, 5.41) is 5.13. The number of benzene rings is 2. The van der Waals surface area contributed by atoms with Crippen LogP contribution >= 0.6 is 0 Å². The van der Waals surface area contributed by atoms with Crippen LogP contribution < -0.4 is 5.32 Å². The molecule has 4 rings (SSSR count). The number of nitrogens with zero attached hydrogens (tertiary/aromatic N) is 2. The minimum Gasteiger partial charge on any atom is -0.352 e. The Morgan fingerprint density at radius 2 is 1.57 bits per heavy atom. The maximum atomic E-state index is 13.1. The third-order valence-corrected chi connectivity index (χ3v) is 8.17. The summed E-state index contributed by atoms with van der Waals surface area (Å²) in [5.74, 6) is 0.0627. The average molecular weight is 430 g/mol. The number of rotatable bonds is 5. The van der Waals surface area contributed by atoms with Crippen molar-refractivity contribution < 1.29 is 13.2 Å². The summed E-state index contributed by atoms with van der Waals surface area (Å²) in [6.07, 6.45) is 7.06. The molecule has 1 heterocycles. The van der Waals surface area contributed by atoms with E-state index < -0.39 is 10.0 Å². The highest BCUT2D eigenvalue weighted by atomic mass is 32.2. The summed E-state index contributed by atoms with van der Waals surface area (Å²) in [6.45, 7) is 2.31. The molecule has 0 spiro atoms. The predicted octanol–water partition coefficient (Wildman–Crippen LogP) is 2.99. The standard InChI is InChI=1S/C23H31N3O3S/c27-23(24-21-9-3-1-2-4-10-21)18-25-13-15-26(16-14-25)30(28,29)22-12-11-19-7-5-6-8-20(19)17-22/h5-8,11-12,17,21H,1-4,9-10,13-16,18H2,(H,24,27). The van der Waals surface area contributed by atoms with Gasteiger partial charge in [-0.15, -0.1) is 0 Å². The average Bonchev–Trinajstić information content (AvgIpc) is 3.02. The Morgan fingerprint density at radius 1 is 0.900 bits per heavy atom. The van der Waals surface area contributed by atoms with Gasteiger partial charge >= 0.3 is 0 Å². The lowest BCUT2D eigenvalue weighted by Gasteiger charge is -2.33. The van der Waals surface area contributed by atoms with Crippen molar-refractivity contribution in [3.05, 3.63) is 42.5 Å². The van der Waals surface area contributed by atoms with Crippen molar-refractivity contribution in [2.45, 2.75) is 49.5 Å². The van der Waals surface area contributed by atoms with Crippen molar-refractivity contribution in [2.24, 2.45) is 0 Å². The normalized spacial score (nSPS) is 20.1. The quantitative estimate of drug-likeness (QED) is 0.742. The number of piperazine rings is 1.